The number of hydrogen-bond acceptors (Lipinski definition) is 4. The van der Waals surface area contributed by atoms with Crippen LogP contribution in [0, 0.1) is 5.92 Å². The van der Waals surface area contributed by atoms with Crippen LogP contribution in [0.1, 0.15) is 12.0 Å². The van der Waals surface area contributed by atoms with Crippen molar-refractivity contribution in [3.8, 4) is 11.5 Å². The number of nitrogens with one attached hydrogen (secondary N) is 1. The summed E-state index contributed by atoms with van der Waals surface area (Å²) in [6.45, 7) is 0.815. The zero-order valence-electron chi connectivity index (χ0n) is 15.9. The molecule has 148 valence electrons. The van der Waals surface area contributed by atoms with Crippen molar-refractivity contribution < 1.29 is 19.1 Å². The van der Waals surface area contributed by atoms with E-state index in [-0.39, 0.29) is 24.2 Å². The van der Waals surface area contributed by atoms with Crippen LogP contribution in [-0.2, 0) is 16.0 Å². The second-order valence-electron chi connectivity index (χ2n) is 6.59. The molecule has 1 saturated heterocycles. The van der Waals surface area contributed by atoms with E-state index in [4.69, 9.17) is 21.1 Å². The third-order valence-electron chi connectivity index (χ3n) is 4.80. The van der Waals surface area contributed by atoms with Gasteiger partial charge in [-0.1, -0.05) is 29.8 Å². The van der Waals surface area contributed by atoms with Crippen LogP contribution in [0.2, 0.25) is 5.02 Å². The maximum atomic E-state index is 12.5. The smallest absolute Gasteiger partial charge is 0.227 e. The monoisotopic (exact) mass is 402 g/mol. The molecule has 1 heterocycles. The standard InChI is InChI=1S/C21H23ClN2O4/c1-27-18-8-7-14(11-19(18)28-2)9-10-23-21(26)15-12-20(25)24(13-15)17-6-4-3-5-16(17)22/h3-8,11,15H,9-10,12-13H2,1-2H3,(H,23,26). The average molecular weight is 403 g/mol. The highest BCUT2D eigenvalue weighted by atomic mass is 35.5. The number of ether oxygens (including phenoxy) is 2. The minimum absolute atomic E-state index is 0.0897. The van der Waals surface area contributed by atoms with E-state index in [1.165, 1.54) is 0 Å². The molecule has 1 unspecified atom stereocenters. The van der Waals surface area contributed by atoms with Crippen LogP contribution in [0.15, 0.2) is 42.5 Å². The van der Waals surface area contributed by atoms with Gasteiger partial charge in [-0.2, -0.15) is 0 Å². The summed E-state index contributed by atoms with van der Waals surface area (Å²) < 4.78 is 10.5. The minimum Gasteiger partial charge on any atom is -0.493 e. The minimum atomic E-state index is -0.380. The molecule has 7 heteroatoms. The Hall–Kier alpha value is -2.73. The van der Waals surface area contributed by atoms with Crippen molar-refractivity contribution in [1.82, 2.24) is 5.32 Å². The number of rotatable bonds is 7. The average Bonchev–Trinajstić information content (AvgIpc) is 3.09. The number of halogens is 1. The summed E-state index contributed by atoms with van der Waals surface area (Å²) in [5.41, 5.74) is 1.67. The number of amides is 2. The van der Waals surface area contributed by atoms with E-state index in [1.807, 2.05) is 30.3 Å². The van der Waals surface area contributed by atoms with E-state index >= 15 is 0 Å². The Morgan fingerprint density at radius 3 is 2.64 bits per heavy atom. The van der Waals surface area contributed by atoms with Crippen molar-refractivity contribution in [3.63, 3.8) is 0 Å². The van der Waals surface area contributed by atoms with Crippen LogP contribution in [0.25, 0.3) is 0 Å². The van der Waals surface area contributed by atoms with Gasteiger partial charge in [-0.15, -0.1) is 0 Å². The lowest BCUT2D eigenvalue weighted by Gasteiger charge is -2.18. The normalized spacial score (nSPS) is 16.2. The Bertz CT molecular complexity index is 871. The molecular formula is C21H23ClN2O4. The van der Waals surface area contributed by atoms with Gasteiger partial charge in [-0.25, -0.2) is 0 Å². The molecule has 0 radical (unpaired) electrons. The molecule has 2 aromatic rings. The highest BCUT2D eigenvalue weighted by Gasteiger charge is 2.35. The summed E-state index contributed by atoms with van der Waals surface area (Å²) >= 11 is 6.18. The van der Waals surface area contributed by atoms with Crippen LogP contribution in [0.4, 0.5) is 5.69 Å². The zero-order valence-corrected chi connectivity index (χ0v) is 16.7. The van der Waals surface area contributed by atoms with Crippen LogP contribution in [-0.4, -0.2) is 39.1 Å². The van der Waals surface area contributed by atoms with Crippen LogP contribution < -0.4 is 19.7 Å². The fourth-order valence-electron chi connectivity index (χ4n) is 3.30. The summed E-state index contributed by atoms with van der Waals surface area (Å²) in [5, 5.41) is 3.43. The van der Waals surface area contributed by atoms with Crippen molar-refractivity contribution in [2.24, 2.45) is 5.92 Å². The SMILES string of the molecule is COc1ccc(CCNC(=O)C2CC(=O)N(c3ccccc3Cl)C2)cc1OC. The quantitative estimate of drug-likeness (QED) is 0.772. The Balaban J connectivity index is 1.55. The van der Waals surface area contributed by atoms with Gasteiger partial charge in [-0.3, -0.25) is 9.59 Å². The van der Waals surface area contributed by atoms with Gasteiger partial charge >= 0.3 is 0 Å². The summed E-state index contributed by atoms with van der Waals surface area (Å²) in [7, 11) is 3.18. The van der Waals surface area contributed by atoms with Gasteiger partial charge in [0.25, 0.3) is 0 Å². The number of benzene rings is 2. The Morgan fingerprint density at radius 2 is 1.93 bits per heavy atom. The highest BCUT2D eigenvalue weighted by Crippen LogP contribution is 2.31. The van der Waals surface area contributed by atoms with E-state index < -0.39 is 0 Å². The molecule has 0 aromatic heterocycles. The first-order chi connectivity index (χ1) is 13.5. The highest BCUT2D eigenvalue weighted by molar-refractivity contribution is 6.33. The van der Waals surface area contributed by atoms with Crippen molar-refractivity contribution in [1.29, 1.82) is 0 Å². The number of anilines is 1. The summed E-state index contributed by atoms with van der Waals surface area (Å²) in [5.74, 6) is 0.730. The number of hydrogen-bond donors (Lipinski definition) is 1. The van der Waals surface area contributed by atoms with Gasteiger partial charge in [0.05, 0.1) is 30.8 Å². The first-order valence-electron chi connectivity index (χ1n) is 9.07. The summed E-state index contributed by atoms with van der Waals surface area (Å²) in [6.07, 6.45) is 0.842. The predicted molar refractivity (Wildman–Crippen MR) is 108 cm³/mol. The predicted octanol–water partition coefficient (Wildman–Crippen LogP) is 3.07. The number of carbonyl (C=O) groups is 2. The third-order valence-corrected chi connectivity index (χ3v) is 5.12. The lowest BCUT2D eigenvalue weighted by molar-refractivity contribution is -0.126. The Labute approximate surface area is 169 Å². The van der Waals surface area contributed by atoms with Crippen LogP contribution in [0.5, 0.6) is 11.5 Å². The maximum absolute atomic E-state index is 12.5. The molecule has 28 heavy (non-hydrogen) atoms. The molecule has 0 saturated carbocycles. The van der Waals surface area contributed by atoms with E-state index in [0.717, 1.165) is 5.56 Å². The molecule has 1 atom stereocenters. The van der Waals surface area contributed by atoms with Gasteiger partial charge in [-0.05, 0) is 36.2 Å². The molecule has 0 bridgehead atoms. The molecule has 1 N–H and O–H groups in total. The fourth-order valence-corrected chi connectivity index (χ4v) is 3.53. The van der Waals surface area contributed by atoms with E-state index in [2.05, 4.69) is 5.32 Å². The summed E-state index contributed by atoms with van der Waals surface area (Å²) in [4.78, 5) is 26.4. The number of methoxy groups -OCH3 is 2. The lowest BCUT2D eigenvalue weighted by Crippen LogP contribution is -2.34. The maximum Gasteiger partial charge on any atom is 0.227 e. The van der Waals surface area contributed by atoms with Gasteiger partial charge < -0.3 is 19.7 Å². The van der Waals surface area contributed by atoms with E-state index in [0.29, 0.717) is 41.7 Å². The van der Waals surface area contributed by atoms with Crippen molar-refractivity contribution >= 4 is 29.1 Å². The molecule has 1 fully saturated rings. The van der Waals surface area contributed by atoms with Gasteiger partial charge in [0.15, 0.2) is 11.5 Å². The first-order valence-corrected chi connectivity index (χ1v) is 9.44. The molecule has 1 aliphatic heterocycles. The molecule has 0 aliphatic carbocycles. The zero-order chi connectivity index (χ0) is 20.1. The molecule has 6 nitrogen and oxygen atoms in total. The third kappa shape index (κ3) is 4.39. The Kier molecular flexibility index (Phi) is 6.41. The molecular weight excluding hydrogens is 380 g/mol. The number of carbonyl (C=O) groups excluding carboxylic acids is 2. The van der Waals surface area contributed by atoms with Crippen molar-refractivity contribution in [3.05, 3.63) is 53.1 Å². The number of para-hydroxylation sites is 1. The van der Waals surface area contributed by atoms with Gasteiger partial charge in [0.2, 0.25) is 11.8 Å². The molecule has 2 aromatic carbocycles. The largest absolute Gasteiger partial charge is 0.493 e. The molecule has 2 amide bonds. The topological polar surface area (TPSA) is 67.9 Å². The van der Waals surface area contributed by atoms with E-state index in [1.54, 1.807) is 31.3 Å². The van der Waals surface area contributed by atoms with Crippen molar-refractivity contribution in [2.45, 2.75) is 12.8 Å². The summed E-state index contributed by atoms with van der Waals surface area (Å²) in [6, 6.07) is 12.8. The molecule has 3 rings (SSSR count). The molecule has 0 spiro atoms. The van der Waals surface area contributed by atoms with Gasteiger partial charge in [0, 0.05) is 19.5 Å². The second-order valence-corrected chi connectivity index (χ2v) is 6.99. The van der Waals surface area contributed by atoms with Crippen molar-refractivity contribution in [2.75, 3.05) is 32.2 Å². The Morgan fingerprint density at radius 1 is 1.18 bits per heavy atom. The van der Waals surface area contributed by atoms with Crippen LogP contribution in [0.3, 0.4) is 0 Å². The molecule has 1 aliphatic rings. The number of nitrogens with zero attached hydrogens (tertiary/aromatic N) is 1. The fraction of sp³-hybridized carbons (Fsp3) is 0.333. The van der Waals surface area contributed by atoms with Gasteiger partial charge in [0.1, 0.15) is 0 Å². The second kappa shape index (κ2) is 8.97. The van der Waals surface area contributed by atoms with E-state index in [9.17, 15) is 9.59 Å². The van der Waals surface area contributed by atoms with Crippen LogP contribution >= 0.6 is 11.6 Å². The lowest BCUT2D eigenvalue weighted by atomic mass is 10.1. The first kappa shape index (κ1) is 20.0.